The largest absolute Gasteiger partial charge is 0.368 e. The molecule has 1 aromatic carbocycles. The van der Waals surface area contributed by atoms with Crippen LogP contribution in [0.1, 0.15) is 31.9 Å². The SMILES string of the molecule is CCC(C)NC(C(N)=O)c1csc2ccccc12. The Balaban J connectivity index is 2.39. The molecule has 0 spiro atoms. The van der Waals surface area contributed by atoms with Crippen LogP contribution < -0.4 is 11.1 Å². The number of nitrogens with two attached hydrogens (primary N) is 1. The molecule has 1 amide bonds. The number of hydrogen-bond donors (Lipinski definition) is 2. The average Bonchev–Trinajstić information content (AvgIpc) is 2.79. The van der Waals surface area contributed by atoms with Crippen LogP contribution in [0.4, 0.5) is 0 Å². The van der Waals surface area contributed by atoms with Crippen molar-refractivity contribution in [1.29, 1.82) is 0 Å². The average molecular weight is 262 g/mol. The summed E-state index contributed by atoms with van der Waals surface area (Å²) in [6.45, 7) is 4.14. The van der Waals surface area contributed by atoms with Gasteiger partial charge in [0, 0.05) is 10.7 Å². The molecule has 3 N–H and O–H groups in total. The fourth-order valence-corrected chi connectivity index (χ4v) is 2.94. The Hall–Kier alpha value is -1.39. The van der Waals surface area contributed by atoms with Gasteiger partial charge < -0.3 is 5.73 Å². The summed E-state index contributed by atoms with van der Waals surface area (Å²) in [5.41, 5.74) is 6.51. The molecule has 3 nitrogen and oxygen atoms in total. The van der Waals surface area contributed by atoms with E-state index in [4.69, 9.17) is 5.73 Å². The Kier molecular flexibility index (Phi) is 3.99. The lowest BCUT2D eigenvalue weighted by molar-refractivity contribution is -0.120. The van der Waals surface area contributed by atoms with Crippen LogP contribution in [0.15, 0.2) is 29.6 Å². The van der Waals surface area contributed by atoms with Crippen molar-refractivity contribution in [3.05, 3.63) is 35.2 Å². The highest BCUT2D eigenvalue weighted by molar-refractivity contribution is 7.17. The molecule has 0 saturated carbocycles. The summed E-state index contributed by atoms with van der Waals surface area (Å²) in [4.78, 5) is 11.7. The lowest BCUT2D eigenvalue weighted by Crippen LogP contribution is -2.38. The van der Waals surface area contributed by atoms with Gasteiger partial charge in [-0.1, -0.05) is 25.1 Å². The van der Waals surface area contributed by atoms with E-state index in [1.54, 1.807) is 11.3 Å². The quantitative estimate of drug-likeness (QED) is 0.870. The number of hydrogen-bond acceptors (Lipinski definition) is 3. The normalized spacial score (nSPS) is 14.6. The van der Waals surface area contributed by atoms with E-state index in [9.17, 15) is 4.79 Å². The van der Waals surface area contributed by atoms with Crippen molar-refractivity contribution in [2.45, 2.75) is 32.4 Å². The molecular formula is C14H18N2OS. The third kappa shape index (κ3) is 2.54. The molecule has 96 valence electrons. The van der Waals surface area contributed by atoms with Crippen LogP contribution >= 0.6 is 11.3 Å². The maximum atomic E-state index is 11.7. The van der Waals surface area contributed by atoms with E-state index in [0.29, 0.717) is 0 Å². The maximum Gasteiger partial charge on any atom is 0.239 e. The van der Waals surface area contributed by atoms with Crippen molar-refractivity contribution in [2.75, 3.05) is 0 Å². The summed E-state index contributed by atoms with van der Waals surface area (Å²) in [5, 5.41) is 6.43. The number of amides is 1. The van der Waals surface area contributed by atoms with Gasteiger partial charge in [-0.15, -0.1) is 11.3 Å². The van der Waals surface area contributed by atoms with Gasteiger partial charge in [0.05, 0.1) is 0 Å². The number of benzene rings is 1. The van der Waals surface area contributed by atoms with Crippen molar-refractivity contribution in [2.24, 2.45) is 5.73 Å². The molecule has 0 aliphatic heterocycles. The van der Waals surface area contributed by atoms with Crippen molar-refractivity contribution < 1.29 is 4.79 Å². The molecule has 0 aliphatic rings. The molecule has 1 heterocycles. The van der Waals surface area contributed by atoms with Crippen molar-refractivity contribution >= 4 is 27.3 Å². The van der Waals surface area contributed by atoms with E-state index in [-0.39, 0.29) is 11.9 Å². The highest BCUT2D eigenvalue weighted by Crippen LogP contribution is 2.30. The first-order valence-corrected chi connectivity index (χ1v) is 7.03. The minimum absolute atomic E-state index is 0.265. The number of nitrogens with one attached hydrogen (secondary N) is 1. The summed E-state index contributed by atoms with van der Waals surface area (Å²) in [6.07, 6.45) is 0.964. The topological polar surface area (TPSA) is 55.1 Å². The second kappa shape index (κ2) is 5.50. The zero-order chi connectivity index (χ0) is 13.1. The number of primary amides is 1. The minimum Gasteiger partial charge on any atom is -0.368 e. The number of carbonyl (C=O) groups is 1. The van der Waals surface area contributed by atoms with Gasteiger partial charge in [0.1, 0.15) is 6.04 Å². The predicted molar refractivity (Wildman–Crippen MR) is 76.6 cm³/mol. The number of carbonyl (C=O) groups excluding carboxylic acids is 1. The Morgan fingerprint density at radius 2 is 2.17 bits per heavy atom. The van der Waals surface area contributed by atoms with Gasteiger partial charge in [-0.25, -0.2) is 0 Å². The molecule has 2 aromatic rings. The number of fused-ring (bicyclic) bond motifs is 1. The second-order valence-corrected chi connectivity index (χ2v) is 5.41. The van der Waals surface area contributed by atoms with E-state index >= 15 is 0 Å². The zero-order valence-corrected chi connectivity index (χ0v) is 11.5. The Morgan fingerprint density at radius 1 is 1.44 bits per heavy atom. The lowest BCUT2D eigenvalue weighted by Gasteiger charge is -2.19. The second-order valence-electron chi connectivity index (χ2n) is 4.50. The Morgan fingerprint density at radius 3 is 2.83 bits per heavy atom. The molecule has 0 fully saturated rings. The molecule has 2 unspecified atom stereocenters. The lowest BCUT2D eigenvalue weighted by atomic mass is 10.0. The first-order chi connectivity index (χ1) is 8.63. The molecule has 2 rings (SSSR count). The summed E-state index contributed by atoms with van der Waals surface area (Å²) < 4.78 is 1.18. The van der Waals surface area contributed by atoms with Gasteiger partial charge in [0.15, 0.2) is 0 Å². The summed E-state index contributed by atoms with van der Waals surface area (Å²) in [6, 6.07) is 7.95. The van der Waals surface area contributed by atoms with Crippen molar-refractivity contribution in [3.8, 4) is 0 Å². The van der Waals surface area contributed by atoms with Crippen LogP contribution in [-0.2, 0) is 4.79 Å². The van der Waals surface area contributed by atoms with Crippen molar-refractivity contribution in [1.82, 2.24) is 5.32 Å². The molecule has 0 saturated heterocycles. The standard InChI is InChI=1S/C14H18N2OS/c1-3-9(2)16-13(14(15)17)11-8-18-12-7-5-4-6-10(11)12/h4-9,13,16H,3H2,1-2H3,(H2,15,17). The molecule has 0 bridgehead atoms. The van der Waals surface area contributed by atoms with Crippen LogP contribution in [-0.4, -0.2) is 11.9 Å². The minimum atomic E-state index is -0.406. The first kappa shape index (κ1) is 13.1. The van der Waals surface area contributed by atoms with Gasteiger partial charge >= 0.3 is 0 Å². The van der Waals surface area contributed by atoms with Gasteiger partial charge in [0.25, 0.3) is 0 Å². The van der Waals surface area contributed by atoms with Crippen LogP contribution in [0, 0.1) is 0 Å². The van der Waals surface area contributed by atoms with Gasteiger partial charge in [0.2, 0.25) is 5.91 Å². The highest BCUT2D eigenvalue weighted by atomic mass is 32.1. The maximum absolute atomic E-state index is 11.7. The molecule has 1 aromatic heterocycles. The number of rotatable bonds is 5. The smallest absolute Gasteiger partial charge is 0.239 e. The molecule has 0 radical (unpaired) electrons. The van der Waals surface area contributed by atoms with E-state index < -0.39 is 6.04 Å². The van der Waals surface area contributed by atoms with Crippen LogP contribution in [0.5, 0.6) is 0 Å². The first-order valence-electron chi connectivity index (χ1n) is 6.15. The van der Waals surface area contributed by atoms with Crippen LogP contribution in [0.2, 0.25) is 0 Å². The van der Waals surface area contributed by atoms with Gasteiger partial charge in [-0.05, 0) is 35.7 Å². The Labute approximate surface area is 111 Å². The van der Waals surface area contributed by atoms with E-state index in [1.165, 1.54) is 4.70 Å². The van der Waals surface area contributed by atoms with Gasteiger partial charge in [-0.3, -0.25) is 10.1 Å². The summed E-state index contributed by atoms with van der Waals surface area (Å²) in [5.74, 6) is -0.321. The third-order valence-electron chi connectivity index (χ3n) is 3.17. The van der Waals surface area contributed by atoms with Crippen LogP contribution in [0.3, 0.4) is 0 Å². The molecule has 4 heteroatoms. The predicted octanol–water partition coefficient (Wildman–Crippen LogP) is 2.82. The third-order valence-corrected chi connectivity index (χ3v) is 4.15. The van der Waals surface area contributed by atoms with Gasteiger partial charge in [-0.2, -0.15) is 0 Å². The van der Waals surface area contributed by atoms with Crippen molar-refractivity contribution in [3.63, 3.8) is 0 Å². The van der Waals surface area contributed by atoms with E-state index in [0.717, 1.165) is 17.4 Å². The molecule has 2 atom stereocenters. The molecule has 0 aliphatic carbocycles. The molecular weight excluding hydrogens is 244 g/mol. The summed E-state index contributed by atoms with van der Waals surface area (Å²) >= 11 is 1.65. The number of thiophene rings is 1. The monoisotopic (exact) mass is 262 g/mol. The molecule has 18 heavy (non-hydrogen) atoms. The Bertz CT molecular complexity index is 549. The fraction of sp³-hybridized carbons (Fsp3) is 0.357. The van der Waals surface area contributed by atoms with E-state index in [2.05, 4.69) is 25.2 Å². The fourth-order valence-electron chi connectivity index (χ4n) is 1.95. The van der Waals surface area contributed by atoms with Crippen LogP contribution in [0.25, 0.3) is 10.1 Å². The highest BCUT2D eigenvalue weighted by Gasteiger charge is 2.22. The van der Waals surface area contributed by atoms with E-state index in [1.807, 2.05) is 23.6 Å². The summed E-state index contributed by atoms with van der Waals surface area (Å²) in [7, 11) is 0. The zero-order valence-electron chi connectivity index (χ0n) is 10.6.